The molecule has 0 saturated carbocycles. The Balaban J connectivity index is 1.36. The van der Waals surface area contributed by atoms with Crippen molar-refractivity contribution in [1.82, 2.24) is 9.97 Å². The predicted molar refractivity (Wildman–Crippen MR) is 137 cm³/mol. The molecule has 3 heterocycles. The number of rotatable bonds is 9. The number of hydrogen-bond acceptors (Lipinski definition) is 7. The molecule has 2 aromatic heterocycles. The van der Waals surface area contributed by atoms with Crippen molar-refractivity contribution < 1.29 is 19.8 Å². The molecule has 184 valence electrons. The third kappa shape index (κ3) is 6.25. The highest BCUT2D eigenvalue weighted by atomic mass is 32.1. The number of Topliss-reactive ketones (excluding diaryl/α,β-unsaturated/α-hetero) is 1. The minimum absolute atomic E-state index is 0.0116. The minimum atomic E-state index is -0.943. The van der Waals surface area contributed by atoms with E-state index in [2.05, 4.69) is 58.2 Å². The lowest BCUT2D eigenvalue weighted by Gasteiger charge is -2.32. The molecule has 0 bridgehead atoms. The van der Waals surface area contributed by atoms with Gasteiger partial charge < -0.3 is 15.1 Å². The topological polar surface area (TPSA) is 104 Å². The average Bonchev–Trinajstić information content (AvgIpc) is 3.32. The van der Waals surface area contributed by atoms with E-state index in [0.717, 1.165) is 25.9 Å². The molecule has 0 radical (unpaired) electrons. The number of carbonyl (C=O) groups is 2. The van der Waals surface area contributed by atoms with Crippen LogP contribution in [0, 0.1) is 19.8 Å². The number of carbonyl (C=O) groups excluding carboxylic acids is 1. The average molecular weight is 494 g/mol. The van der Waals surface area contributed by atoms with E-state index < -0.39 is 5.97 Å². The van der Waals surface area contributed by atoms with Crippen LogP contribution in [-0.2, 0) is 11.2 Å². The van der Waals surface area contributed by atoms with Gasteiger partial charge in [-0.2, -0.15) is 0 Å². The summed E-state index contributed by atoms with van der Waals surface area (Å²) in [5.41, 5.74) is 2.90. The number of carboxylic acid groups (broad SMARTS) is 1. The van der Waals surface area contributed by atoms with Crippen LogP contribution in [0.5, 0.6) is 5.75 Å². The number of anilines is 1. The third-order valence-electron chi connectivity index (χ3n) is 6.49. The first-order chi connectivity index (χ1) is 16.8. The van der Waals surface area contributed by atoms with Gasteiger partial charge in [-0.25, -0.2) is 9.97 Å². The zero-order chi connectivity index (χ0) is 24.9. The van der Waals surface area contributed by atoms with Crippen molar-refractivity contribution in [3.63, 3.8) is 0 Å². The monoisotopic (exact) mass is 493 g/mol. The number of nitrogens with zero attached hydrogens (tertiary/aromatic N) is 3. The maximum Gasteiger partial charge on any atom is 0.303 e. The predicted octanol–water partition coefficient (Wildman–Crippen LogP) is 5.42. The lowest BCUT2D eigenvalue weighted by molar-refractivity contribution is -0.137. The van der Waals surface area contributed by atoms with E-state index in [-0.39, 0.29) is 36.5 Å². The van der Waals surface area contributed by atoms with E-state index in [1.807, 2.05) is 11.3 Å². The molecule has 1 aromatic carbocycles. The first-order valence-corrected chi connectivity index (χ1v) is 12.8. The van der Waals surface area contributed by atoms with Crippen LogP contribution in [-0.4, -0.2) is 45.0 Å². The lowest BCUT2D eigenvalue weighted by atomic mass is 9.93. The molecule has 7 nitrogen and oxygen atoms in total. The molecule has 0 unspecified atom stereocenters. The molecule has 0 atom stereocenters. The second kappa shape index (κ2) is 11.0. The SMILES string of the molecule is Cc1ccc(-c2ccc(N3CCC(Cc4nc(C)c(O)c(C(=O)CCCC(=O)O)n4)CC3)s2)cc1. The van der Waals surface area contributed by atoms with Crippen molar-refractivity contribution in [2.75, 3.05) is 18.0 Å². The standard InChI is InChI=1S/C27H31N3O4S/c1-17-6-8-20(9-7-17)22-10-11-24(35-22)30-14-12-19(13-15-30)16-23-28-18(2)27(34)26(29-23)21(31)4-3-5-25(32)33/h6-11,19,34H,3-5,12-16H2,1-2H3,(H,32,33). The number of ketones is 1. The molecule has 8 heteroatoms. The van der Waals surface area contributed by atoms with Crippen LogP contribution in [0.1, 0.15) is 59.7 Å². The molecule has 1 saturated heterocycles. The van der Waals surface area contributed by atoms with Crippen molar-refractivity contribution in [3.8, 4) is 16.2 Å². The van der Waals surface area contributed by atoms with Crippen molar-refractivity contribution in [1.29, 1.82) is 0 Å². The van der Waals surface area contributed by atoms with Crippen LogP contribution in [0.3, 0.4) is 0 Å². The second-order valence-electron chi connectivity index (χ2n) is 9.23. The van der Waals surface area contributed by atoms with Gasteiger partial charge >= 0.3 is 5.97 Å². The van der Waals surface area contributed by atoms with Gasteiger partial charge in [0.2, 0.25) is 0 Å². The Morgan fingerprint density at radius 2 is 1.74 bits per heavy atom. The van der Waals surface area contributed by atoms with Crippen LogP contribution in [0.2, 0.25) is 0 Å². The summed E-state index contributed by atoms with van der Waals surface area (Å²) in [6.45, 7) is 5.67. The maximum absolute atomic E-state index is 12.5. The normalized spacial score (nSPS) is 14.3. The molecule has 1 aliphatic rings. The number of hydrogen-bond donors (Lipinski definition) is 2. The smallest absolute Gasteiger partial charge is 0.303 e. The molecule has 0 amide bonds. The lowest BCUT2D eigenvalue weighted by Crippen LogP contribution is -2.34. The molecule has 1 fully saturated rings. The van der Waals surface area contributed by atoms with Gasteiger partial charge in [-0.3, -0.25) is 9.59 Å². The number of piperidine rings is 1. The minimum Gasteiger partial charge on any atom is -0.504 e. The van der Waals surface area contributed by atoms with Crippen molar-refractivity contribution in [3.05, 3.63) is 59.2 Å². The van der Waals surface area contributed by atoms with E-state index in [0.29, 0.717) is 23.9 Å². The summed E-state index contributed by atoms with van der Waals surface area (Å²) in [5.74, 6) is -0.514. The number of benzene rings is 1. The fraction of sp³-hybridized carbons (Fsp3) is 0.407. The highest BCUT2D eigenvalue weighted by Gasteiger charge is 2.24. The summed E-state index contributed by atoms with van der Waals surface area (Å²) >= 11 is 1.82. The Bertz CT molecular complexity index is 1200. The molecule has 35 heavy (non-hydrogen) atoms. The molecule has 4 rings (SSSR count). The van der Waals surface area contributed by atoms with Gasteiger partial charge in [0.15, 0.2) is 17.2 Å². The molecule has 2 N–H and O–H groups in total. The molecule has 0 spiro atoms. The number of thiophene rings is 1. The van der Waals surface area contributed by atoms with Gasteiger partial charge in [0.05, 0.1) is 10.7 Å². The van der Waals surface area contributed by atoms with Crippen LogP contribution >= 0.6 is 11.3 Å². The number of aryl methyl sites for hydroxylation is 2. The number of aromatic hydroxyl groups is 1. The zero-order valence-electron chi connectivity index (χ0n) is 20.2. The molecule has 0 aliphatic carbocycles. The summed E-state index contributed by atoms with van der Waals surface area (Å²) < 4.78 is 0. The highest BCUT2D eigenvalue weighted by Crippen LogP contribution is 2.36. The van der Waals surface area contributed by atoms with E-state index >= 15 is 0 Å². The summed E-state index contributed by atoms with van der Waals surface area (Å²) in [5, 5.41) is 20.4. The third-order valence-corrected chi connectivity index (χ3v) is 7.68. The van der Waals surface area contributed by atoms with E-state index in [9.17, 15) is 14.7 Å². The Hall–Kier alpha value is -3.26. The number of carboxylic acids is 1. The number of aromatic nitrogens is 2. The van der Waals surface area contributed by atoms with Crippen LogP contribution in [0.25, 0.3) is 10.4 Å². The van der Waals surface area contributed by atoms with E-state index in [1.54, 1.807) is 6.92 Å². The van der Waals surface area contributed by atoms with Gasteiger partial charge in [-0.1, -0.05) is 29.8 Å². The van der Waals surface area contributed by atoms with E-state index in [1.165, 1.54) is 21.0 Å². The molecular formula is C27H31N3O4S. The van der Waals surface area contributed by atoms with Gasteiger partial charge in [-0.05, 0) is 56.7 Å². The van der Waals surface area contributed by atoms with Crippen molar-refractivity contribution in [2.24, 2.45) is 5.92 Å². The quantitative estimate of drug-likeness (QED) is 0.383. The van der Waals surface area contributed by atoms with Crippen LogP contribution < -0.4 is 4.90 Å². The Kier molecular flexibility index (Phi) is 7.80. The Morgan fingerprint density at radius 3 is 2.43 bits per heavy atom. The largest absolute Gasteiger partial charge is 0.504 e. The van der Waals surface area contributed by atoms with Gasteiger partial charge in [-0.15, -0.1) is 11.3 Å². The van der Waals surface area contributed by atoms with Gasteiger partial charge in [0, 0.05) is 37.2 Å². The van der Waals surface area contributed by atoms with Crippen molar-refractivity contribution >= 4 is 28.1 Å². The molecular weight excluding hydrogens is 462 g/mol. The highest BCUT2D eigenvalue weighted by molar-refractivity contribution is 7.19. The fourth-order valence-electron chi connectivity index (χ4n) is 4.42. The fourth-order valence-corrected chi connectivity index (χ4v) is 5.48. The Labute approximate surface area is 209 Å². The first-order valence-electron chi connectivity index (χ1n) is 12.0. The van der Waals surface area contributed by atoms with Gasteiger partial charge in [0.25, 0.3) is 0 Å². The van der Waals surface area contributed by atoms with Crippen molar-refractivity contribution in [2.45, 2.75) is 52.4 Å². The molecule has 1 aliphatic heterocycles. The summed E-state index contributed by atoms with van der Waals surface area (Å²) in [6.07, 6.45) is 2.84. The summed E-state index contributed by atoms with van der Waals surface area (Å²) in [6, 6.07) is 13.0. The maximum atomic E-state index is 12.5. The van der Waals surface area contributed by atoms with E-state index in [4.69, 9.17) is 5.11 Å². The summed E-state index contributed by atoms with van der Waals surface area (Å²) in [7, 11) is 0. The van der Waals surface area contributed by atoms with Crippen LogP contribution in [0.15, 0.2) is 36.4 Å². The Morgan fingerprint density at radius 1 is 1.03 bits per heavy atom. The first kappa shape index (κ1) is 24.9. The van der Waals surface area contributed by atoms with Gasteiger partial charge in [0.1, 0.15) is 5.82 Å². The zero-order valence-corrected chi connectivity index (χ0v) is 21.0. The number of aliphatic carboxylic acids is 1. The summed E-state index contributed by atoms with van der Waals surface area (Å²) in [4.78, 5) is 35.7. The second-order valence-corrected chi connectivity index (χ2v) is 10.3. The molecule has 3 aromatic rings. The van der Waals surface area contributed by atoms with Crippen LogP contribution in [0.4, 0.5) is 5.00 Å².